The molecule has 1 aromatic heterocycles. The summed E-state index contributed by atoms with van der Waals surface area (Å²) in [5, 5.41) is 2.97. The van der Waals surface area contributed by atoms with Crippen molar-refractivity contribution in [2.75, 3.05) is 0 Å². The maximum atomic E-state index is 12.1. The fourth-order valence-corrected chi connectivity index (χ4v) is 2.67. The largest absolute Gasteiger partial charge is 0.348 e. The molecule has 0 unspecified atom stereocenters. The predicted octanol–water partition coefficient (Wildman–Crippen LogP) is 3.91. The Morgan fingerprint density at radius 2 is 1.67 bits per heavy atom. The zero-order chi connectivity index (χ0) is 16.8. The van der Waals surface area contributed by atoms with Gasteiger partial charge in [-0.2, -0.15) is 0 Å². The highest BCUT2D eigenvalue weighted by atomic mass is 16.1. The van der Waals surface area contributed by atoms with E-state index in [0.29, 0.717) is 12.1 Å². The number of amides is 1. The second-order valence-corrected chi connectivity index (χ2v) is 5.85. The molecule has 3 nitrogen and oxygen atoms in total. The Morgan fingerprint density at radius 3 is 2.46 bits per heavy atom. The van der Waals surface area contributed by atoms with E-state index in [4.69, 9.17) is 0 Å². The summed E-state index contributed by atoms with van der Waals surface area (Å²) in [4.78, 5) is 16.3. The fourth-order valence-electron chi connectivity index (χ4n) is 2.67. The van der Waals surface area contributed by atoms with Crippen LogP contribution in [0, 0.1) is 6.92 Å². The molecule has 1 heterocycles. The minimum absolute atomic E-state index is 0.0502. The van der Waals surface area contributed by atoms with Gasteiger partial charge in [0.05, 0.1) is 0 Å². The molecular weight excluding hydrogens is 296 g/mol. The Bertz CT molecular complexity index is 828. The van der Waals surface area contributed by atoms with Crippen molar-refractivity contribution >= 4 is 5.91 Å². The number of hydrogen-bond acceptors (Lipinski definition) is 2. The maximum Gasteiger partial charge on any atom is 0.251 e. The number of aryl methyl sites for hydroxylation is 1. The van der Waals surface area contributed by atoms with Gasteiger partial charge in [0.1, 0.15) is 0 Å². The summed E-state index contributed by atoms with van der Waals surface area (Å²) >= 11 is 0. The molecule has 0 spiro atoms. The first-order valence-electron chi connectivity index (χ1n) is 8.03. The van der Waals surface area contributed by atoms with Crippen LogP contribution in [0.1, 0.15) is 32.7 Å². The van der Waals surface area contributed by atoms with Gasteiger partial charge in [0.2, 0.25) is 0 Å². The summed E-state index contributed by atoms with van der Waals surface area (Å²) < 4.78 is 0. The van der Waals surface area contributed by atoms with Gasteiger partial charge in [0.25, 0.3) is 5.91 Å². The smallest absolute Gasteiger partial charge is 0.251 e. The number of aromatic nitrogens is 1. The topological polar surface area (TPSA) is 42.0 Å². The molecule has 120 valence electrons. The molecule has 0 atom stereocenters. The number of carbonyl (C=O) groups is 1. The van der Waals surface area contributed by atoms with Crippen LogP contribution < -0.4 is 5.32 Å². The van der Waals surface area contributed by atoms with Crippen LogP contribution in [0.2, 0.25) is 0 Å². The van der Waals surface area contributed by atoms with Crippen molar-refractivity contribution in [3.05, 3.63) is 101 Å². The molecule has 1 N–H and O–H groups in total. The molecule has 0 aliphatic heterocycles. The van der Waals surface area contributed by atoms with E-state index >= 15 is 0 Å². The van der Waals surface area contributed by atoms with Gasteiger partial charge in [-0.25, -0.2) is 0 Å². The van der Waals surface area contributed by atoms with E-state index in [1.165, 1.54) is 11.1 Å². The molecule has 0 fully saturated rings. The number of rotatable bonds is 5. The highest BCUT2D eigenvalue weighted by molar-refractivity contribution is 5.94. The second-order valence-electron chi connectivity index (χ2n) is 5.85. The Labute approximate surface area is 142 Å². The fraction of sp³-hybridized carbons (Fsp3) is 0.143. The minimum atomic E-state index is -0.0502. The lowest BCUT2D eigenvalue weighted by Gasteiger charge is -2.08. The number of hydrogen-bond donors (Lipinski definition) is 1. The van der Waals surface area contributed by atoms with Crippen LogP contribution in [0.15, 0.2) is 72.9 Å². The van der Waals surface area contributed by atoms with Crippen molar-refractivity contribution in [2.45, 2.75) is 19.9 Å². The number of nitrogens with zero attached hydrogens (tertiary/aromatic N) is 1. The molecule has 0 aliphatic carbocycles. The van der Waals surface area contributed by atoms with Gasteiger partial charge in [-0.1, -0.05) is 42.5 Å². The van der Waals surface area contributed by atoms with Gasteiger partial charge in [-0.3, -0.25) is 9.78 Å². The Kier molecular flexibility index (Phi) is 5.02. The van der Waals surface area contributed by atoms with Crippen molar-refractivity contribution in [3.63, 3.8) is 0 Å². The van der Waals surface area contributed by atoms with Crippen molar-refractivity contribution in [3.8, 4) is 0 Å². The lowest BCUT2D eigenvalue weighted by Crippen LogP contribution is -2.22. The highest BCUT2D eigenvalue weighted by Gasteiger charge is 2.04. The van der Waals surface area contributed by atoms with E-state index in [9.17, 15) is 4.79 Å². The molecule has 0 saturated carbocycles. The van der Waals surface area contributed by atoms with E-state index in [1.807, 2.05) is 61.7 Å². The molecule has 3 heteroatoms. The average molecular weight is 316 g/mol. The lowest BCUT2D eigenvalue weighted by molar-refractivity contribution is 0.0951. The quantitative estimate of drug-likeness (QED) is 0.775. The molecule has 0 aliphatic rings. The van der Waals surface area contributed by atoms with Crippen LogP contribution in [0.4, 0.5) is 0 Å². The van der Waals surface area contributed by atoms with Crippen molar-refractivity contribution in [1.82, 2.24) is 10.3 Å². The van der Waals surface area contributed by atoms with E-state index < -0.39 is 0 Å². The normalized spacial score (nSPS) is 10.4. The summed E-state index contributed by atoms with van der Waals surface area (Å²) in [6.07, 6.45) is 2.71. The molecule has 0 bridgehead atoms. The Morgan fingerprint density at radius 1 is 0.917 bits per heavy atom. The first kappa shape index (κ1) is 15.9. The van der Waals surface area contributed by atoms with E-state index in [1.54, 1.807) is 0 Å². The van der Waals surface area contributed by atoms with Crippen LogP contribution in [-0.4, -0.2) is 10.9 Å². The zero-order valence-corrected chi connectivity index (χ0v) is 13.7. The standard InChI is InChI=1S/C21H20N2O/c1-16-12-18(10-11-22-16)13-17-6-5-7-19(14-17)15-23-21(24)20-8-3-2-4-9-20/h2-12,14H,13,15H2,1H3,(H,23,24). The third-order valence-electron chi connectivity index (χ3n) is 3.85. The molecule has 2 aromatic carbocycles. The van der Waals surface area contributed by atoms with E-state index in [0.717, 1.165) is 17.7 Å². The monoisotopic (exact) mass is 316 g/mol. The first-order valence-corrected chi connectivity index (χ1v) is 8.03. The number of pyridine rings is 1. The van der Waals surface area contributed by atoms with E-state index in [-0.39, 0.29) is 5.91 Å². The van der Waals surface area contributed by atoms with Crippen molar-refractivity contribution < 1.29 is 4.79 Å². The number of nitrogens with one attached hydrogen (secondary N) is 1. The van der Waals surface area contributed by atoms with E-state index in [2.05, 4.69) is 28.5 Å². The predicted molar refractivity (Wildman–Crippen MR) is 95.8 cm³/mol. The first-order chi connectivity index (χ1) is 11.7. The summed E-state index contributed by atoms with van der Waals surface area (Å²) in [7, 11) is 0. The Hall–Kier alpha value is -2.94. The molecular formula is C21H20N2O. The van der Waals surface area contributed by atoms with Crippen LogP contribution in [0.5, 0.6) is 0 Å². The molecule has 24 heavy (non-hydrogen) atoms. The third-order valence-corrected chi connectivity index (χ3v) is 3.85. The zero-order valence-electron chi connectivity index (χ0n) is 13.7. The molecule has 3 rings (SSSR count). The van der Waals surface area contributed by atoms with Crippen LogP contribution in [-0.2, 0) is 13.0 Å². The molecule has 0 saturated heterocycles. The molecule has 3 aromatic rings. The lowest BCUT2D eigenvalue weighted by atomic mass is 10.0. The summed E-state index contributed by atoms with van der Waals surface area (Å²) in [5.41, 5.74) is 5.28. The number of carbonyl (C=O) groups excluding carboxylic acids is 1. The van der Waals surface area contributed by atoms with Crippen LogP contribution in [0.25, 0.3) is 0 Å². The Balaban J connectivity index is 1.64. The van der Waals surface area contributed by atoms with Gasteiger partial charge in [-0.15, -0.1) is 0 Å². The third kappa shape index (κ3) is 4.29. The minimum Gasteiger partial charge on any atom is -0.348 e. The maximum absolute atomic E-state index is 12.1. The highest BCUT2D eigenvalue weighted by Crippen LogP contribution is 2.12. The van der Waals surface area contributed by atoms with Crippen LogP contribution in [0.3, 0.4) is 0 Å². The molecule has 1 amide bonds. The van der Waals surface area contributed by atoms with Gasteiger partial charge < -0.3 is 5.32 Å². The average Bonchev–Trinajstić information content (AvgIpc) is 2.61. The van der Waals surface area contributed by atoms with Gasteiger partial charge in [0, 0.05) is 24.0 Å². The molecule has 0 radical (unpaired) electrons. The van der Waals surface area contributed by atoms with Gasteiger partial charge in [-0.05, 0) is 54.3 Å². The van der Waals surface area contributed by atoms with Crippen molar-refractivity contribution in [2.24, 2.45) is 0 Å². The summed E-state index contributed by atoms with van der Waals surface area (Å²) in [5.74, 6) is -0.0502. The number of benzene rings is 2. The van der Waals surface area contributed by atoms with Crippen molar-refractivity contribution in [1.29, 1.82) is 0 Å². The van der Waals surface area contributed by atoms with Gasteiger partial charge >= 0.3 is 0 Å². The summed E-state index contributed by atoms with van der Waals surface area (Å²) in [6.45, 7) is 2.52. The van der Waals surface area contributed by atoms with Crippen LogP contribution >= 0.6 is 0 Å². The van der Waals surface area contributed by atoms with Gasteiger partial charge in [0.15, 0.2) is 0 Å². The SMILES string of the molecule is Cc1cc(Cc2cccc(CNC(=O)c3ccccc3)c2)ccn1. The second kappa shape index (κ2) is 7.55. The summed E-state index contributed by atoms with van der Waals surface area (Å²) in [6, 6.07) is 21.7.